The Hall–Kier alpha value is -3.93. The summed E-state index contributed by atoms with van der Waals surface area (Å²) in [5.41, 5.74) is 0.443. The third kappa shape index (κ3) is 9.29. The van der Waals surface area contributed by atoms with Crippen LogP contribution < -0.4 is 26.0 Å². The average Bonchev–Trinajstić information content (AvgIpc) is 3.51. The second-order valence-electron chi connectivity index (χ2n) is 12.4. The second-order valence-corrected chi connectivity index (χ2v) is 12.9. The van der Waals surface area contributed by atoms with E-state index in [1.807, 2.05) is 76.2 Å². The summed E-state index contributed by atoms with van der Waals surface area (Å²) in [5, 5.41) is 25.4. The topological polar surface area (TPSA) is 142 Å². The number of carbonyl (C=O) groups is 3. The van der Waals surface area contributed by atoms with E-state index in [4.69, 9.17) is 17.0 Å². The Morgan fingerprint density at radius 3 is 2.49 bits per heavy atom. The highest BCUT2D eigenvalue weighted by Crippen LogP contribution is 2.25. The Bertz CT molecular complexity index is 1490. The summed E-state index contributed by atoms with van der Waals surface area (Å²) in [5.74, 6) is -1.74. The molecule has 0 bridgehead atoms. The minimum atomic E-state index is -1.45. The van der Waals surface area contributed by atoms with Gasteiger partial charge >= 0.3 is 0 Å². The van der Waals surface area contributed by atoms with E-state index in [1.165, 1.54) is 0 Å². The first kappa shape index (κ1) is 34.0. The number of Topliss-reactive ketones (excluding diaryl/α,β-unsaturated/α-hetero) is 1. The number of amides is 2. The number of ether oxygens (including phenoxy) is 1. The summed E-state index contributed by atoms with van der Waals surface area (Å²) in [7, 11) is 0. The maximum Gasteiger partial charge on any atom is 0.258 e. The van der Waals surface area contributed by atoms with Gasteiger partial charge in [0.15, 0.2) is 12.4 Å². The van der Waals surface area contributed by atoms with E-state index in [9.17, 15) is 19.5 Å². The molecule has 5 unspecified atom stereocenters. The van der Waals surface area contributed by atoms with Gasteiger partial charge in [-0.05, 0) is 51.3 Å². The molecule has 1 aliphatic heterocycles. The number of rotatable bonds is 13. The lowest BCUT2D eigenvalue weighted by atomic mass is 9.85. The summed E-state index contributed by atoms with van der Waals surface area (Å²) >= 11 is 5.72. The highest BCUT2D eigenvalue weighted by molar-refractivity contribution is 7.80. The lowest BCUT2D eigenvalue weighted by molar-refractivity contribution is -0.138. The molecule has 0 saturated carbocycles. The number of ketones is 1. The number of fused-ring (bicyclic) bond motifs is 1. The van der Waals surface area contributed by atoms with Crippen molar-refractivity contribution in [1.29, 1.82) is 0 Å². The van der Waals surface area contributed by atoms with Crippen molar-refractivity contribution in [3.8, 4) is 5.75 Å². The number of benzene rings is 2. The largest absolute Gasteiger partial charge is 0.483 e. The number of thiocarbonyl (C=S) groups is 1. The van der Waals surface area contributed by atoms with Gasteiger partial charge in [-0.25, -0.2) is 0 Å². The van der Waals surface area contributed by atoms with E-state index in [2.05, 4.69) is 26.3 Å². The summed E-state index contributed by atoms with van der Waals surface area (Å²) < 4.78 is 5.83. The van der Waals surface area contributed by atoms with Crippen LogP contribution in [0.1, 0.15) is 39.7 Å². The maximum absolute atomic E-state index is 13.7. The van der Waals surface area contributed by atoms with Crippen LogP contribution in [0.5, 0.6) is 5.75 Å². The van der Waals surface area contributed by atoms with Crippen LogP contribution in [-0.4, -0.2) is 76.1 Å². The Balaban J connectivity index is 1.44. The Labute approximate surface area is 269 Å². The van der Waals surface area contributed by atoms with E-state index in [0.717, 1.165) is 16.3 Å². The van der Waals surface area contributed by atoms with Crippen molar-refractivity contribution < 1.29 is 24.2 Å². The zero-order valence-electron chi connectivity index (χ0n) is 26.2. The van der Waals surface area contributed by atoms with Gasteiger partial charge in [-0.2, -0.15) is 0 Å². The monoisotopic (exact) mass is 633 g/mol. The number of pyridine rings is 1. The smallest absolute Gasteiger partial charge is 0.258 e. The fraction of sp³-hybridized carbons (Fsp3) is 0.441. The SMILES string of the molecule is CCC(NC(=O)COc1cccc2cnccc12)C(=S)NC(Cc1ccccc1)C(O)C(=O)C1CNCC1C(=O)NC(C)(C)C. The van der Waals surface area contributed by atoms with Crippen molar-refractivity contribution in [2.45, 2.75) is 64.3 Å². The molecule has 1 aliphatic rings. The molecule has 1 fully saturated rings. The molecular weight excluding hydrogens is 590 g/mol. The molecule has 2 amide bonds. The standard InChI is InChI=1S/C34H43N5O5S/c1-5-26(37-29(40)20-44-28-13-9-12-22-17-35-15-14-23(22)28)33(45)38-27(16-21-10-7-6-8-11-21)31(42)30(41)24-18-36-19-25(24)32(43)39-34(2,3)4/h6-15,17,24-27,31,36,42H,5,16,18-20H2,1-4H3,(H,37,40)(H,38,45)(H,39,43). The number of carbonyl (C=O) groups excluding carboxylic acids is 3. The fourth-order valence-corrected chi connectivity index (χ4v) is 5.85. The van der Waals surface area contributed by atoms with Crippen LogP contribution in [0.3, 0.4) is 0 Å². The molecule has 0 aliphatic carbocycles. The number of aromatic nitrogens is 1. The molecule has 2 heterocycles. The van der Waals surface area contributed by atoms with Gasteiger partial charge < -0.3 is 31.1 Å². The zero-order valence-corrected chi connectivity index (χ0v) is 27.0. The molecule has 4 rings (SSSR count). The van der Waals surface area contributed by atoms with Crippen LogP contribution in [0, 0.1) is 11.8 Å². The minimum Gasteiger partial charge on any atom is -0.483 e. The lowest BCUT2D eigenvalue weighted by Crippen LogP contribution is -2.56. The third-order valence-corrected chi connectivity index (χ3v) is 8.18. The molecule has 3 aromatic rings. The van der Waals surface area contributed by atoms with Crippen molar-refractivity contribution in [2.24, 2.45) is 11.8 Å². The molecule has 11 heteroatoms. The van der Waals surface area contributed by atoms with Crippen molar-refractivity contribution in [2.75, 3.05) is 19.7 Å². The first-order valence-corrected chi connectivity index (χ1v) is 15.7. The molecule has 5 atom stereocenters. The van der Waals surface area contributed by atoms with E-state index in [-0.39, 0.29) is 18.4 Å². The molecule has 0 radical (unpaired) electrons. The Morgan fingerprint density at radius 1 is 1.04 bits per heavy atom. The van der Waals surface area contributed by atoms with Gasteiger partial charge in [0.05, 0.1) is 23.0 Å². The number of hydrogen-bond acceptors (Lipinski definition) is 8. The van der Waals surface area contributed by atoms with E-state index >= 15 is 0 Å². The quantitative estimate of drug-likeness (QED) is 0.180. The van der Waals surface area contributed by atoms with Gasteiger partial charge in [0, 0.05) is 47.7 Å². The average molecular weight is 634 g/mol. The second kappa shape index (κ2) is 15.4. The van der Waals surface area contributed by atoms with Gasteiger partial charge in [0.1, 0.15) is 11.9 Å². The predicted octanol–water partition coefficient (Wildman–Crippen LogP) is 2.72. The predicted molar refractivity (Wildman–Crippen MR) is 178 cm³/mol. The number of aliphatic hydroxyl groups is 1. The minimum absolute atomic E-state index is 0.220. The summed E-state index contributed by atoms with van der Waals surface area (Å²) in [6.45, 7) is 7.96. The molecule has 240 valence electrons. The Morgan fingerprint density at radius 2 is 1.78 bits per heavy atom. The van der Waals surface area contributed by atoms with Crippen LogP contribution in [0.25, 0.3) is 10.8 Å². The number of hydrogen-bond donors (Lipinski definition) is 5. The molecule has 2 aromatic carbocycles. The van der Waals surface area contributed by atoms with Crippen molar-refractivity contribution in [1.82, 2.24) is 26.3 Å². The number of nitrogens with zero attached hydrogens (tertiary/aromatic N) is 1. The van der Waals surface area contributed by atoms with Crippen molar-refractivity contribution in [3.05, 3.63) is 72.6 Å². The molecule has 45 heavy (non-hydrogen) atoms. The number of aliphatic hydroxyl groups excluding tert-OH is 1. The molecular formula is C34H43N5O5S. The molecule has 1 aromatic heterocycles. The van der Waals surface area contributed by atoms with Crippen LogP contribution in [0.4, 0.5) is 0 Å². The Kier molecular flexibility index (Phi) is 11.6. The zero-order chi connectivity index (χ0) is 32.6. The normalized spacial score (nSPS) is 18.4. The van der Waals surface area contributed by atoms with Crippen LogP contribution in [-0.2, 0) is 20.8 Å². The molecule has 0 spiro atoms. The summed E-state index contributed by atoms with van der Waals surface area (Å²) in [6.07, 6.45) is 2.73. The van der Waals surface area contributed by atoms with Crippen molar-refractivity contribution in [3.63, 3.8) is 0 Å². The summed E-state index contributed by atoms with van der Waals surface area (Å²) in [6, 6.07) is 15.5. The van der Waals surface area contributed by atoms with Gasteiger partial charge in [0.2, 0.25) is 5.91 Å². The van der Waals surface area contributed by atoms with Gasteiger partial charge in [-0.3, -0.25) is 19.4 Å². The first-order chi connectivity index (χ1) is 21.5. The van der Waals surface area contributed by atoms with E-state index in [1.54, 1.807) is 18.5 Å². The fourth-order valence-electron chi connectivity index (χ4n) is 5.48. The molecule has 5 N–H and O–H groups in total. The van der Waals surface area contributed by atoms with Gasteiger partial charge in [0.25, 0.3) is 5.91 Å². The lowest BCUT2D eigenvalue weighted by Gasteiger charge is -2.30. The van der Waals surface area contributed by atoms with Gasteiger partial charge in [-0.15, -0.1) is 0 Å². The molecule has 10 nitrogen and oxygen atoms in total. The first-order valence-electron chi connectivity index (χ1n) is 15.3. The van der Waals surface area contributed by atoms with E-state index < -0.39 is 41.3 Å². The summed E-state index contributed by atoms with van der Waals surface area (Å²) in [4.78, 5) is 44.1. The van der Waals surface area contributed by atoms with Crippen LogP contribution in [0.2, 0.25) is 0 Å². The van der Waals surface area contributed by atoms with Crippen LogP contribution >= 0.6 is 12.2 Å². The highest BCUT2D eigenvalue weighted by atomic mass is 32.1. The van der Waals surface area contributed by atoms with Crippen molar-refractivity contribution >= 4 is 45.6 Å². The number of nitrogens with one attached hydrogen (secondary N) is 4. The molecule has 1 saturated heterocycles. The third-order valence-electron chi connectivity index (χ3n) is 7.77. The maximum atomic E-state index is 13.7. The van der Waals surface area contributed by atoms with E-state index in [0.29, 0.717) is 36.7 Å². The highest BCUT2D eigenvalue weighted by Gasteiger charge is 2.43. The van der Waals surface area contributed by atoms with Gasteiger partial charge in [-0.1, -0.05) is 61.6 Å². The van der Waals surface area contributed by atoms with Crippen LogP contribution in [0.15, 0.2) is 67.0 Å².